The van der Waals surface area contributed by atoms with Gasteiger partial charge in [0.15, 0.2) is 0 Å². The van der Waals surface area contributed by atoms with Gasteiger partial charge < -0.3 is 0 Å². The van der Waals surface area contributed by atoms with Crippen LogP contribution in [0.4, 0.5) is 0 Å². The Kier molecular flexibility index (Phi) is 313. The molecular weight excluding hydrogens is 128 g/mol. The average molecular weight is 154 g/mol. The van der Waals surface area contributed by atoms with Gasteiger partial charge in [-0.1, -0.05) is 42.5 Å². The van der Waals surface area contributed by atoms with Gasteiger partial charge in [0.2, 0.25) is 0 Å². The lowest BCUT2D eigenvalue weighted by molar-refractivity contribution is 1.09. The average Bonchev–Trinajstić information content (AvgIpc) is 1.39. The maximum absolute atomic E-state index is 2.12. The summed E-state index contributed by atoms with van der Waals surface area (Å²) in [6.45, 7) is 4.25. The van der Waals surface area contributed by atoms with Crippen LogP contribution in [-0.4, -0.2) is 12.5 Å². The van der Waals surface area contributed by atoms with E-state index in [0.29, 0.717) is 0 Å². The van der Waals surface area contributed by atoms with Crippen molar-refractivity contribution in [2.75, 3.05) is 12.5 Å². The van der Waals surface area contributed by atoms with Crippen molar-refractivity contribution in [2.24, 2.45) is 0 Å². The van der Waals surface area contributed by atoms with Crippen molar-refractivity contribution in [2.45, 2.75) is 42.5 Å². The summed E-state index contributed by atoms with van der Waals surface area (Å²) < 4.78 is 0. The van der Waals surface area contributed by atoms with E-state index in [2.05, 4.69) is 13.8 Å². The van der Waals surface area contributed by atoms with Gasteiger partial charge in [-0.25, -0.2) is 0 Å². The second-order valence-corrected chi connectivity index (χ2v) is 1.93. The van der Waals surface area contributed by atoms with Crippen LogP contribution in [0.5, 0.6) is 0 Å². The van der Waals surface area contributed by atoms with E-state index in [1.165, 1.54) is 6.42 Å². The summed E-state index contributed by atoms with van der Waals surface area (Å²) in [6, 6.07) is 0. The molecule has 0 aliphatic heterocycles. The van der Waals surface area contributed by atoms with Crippen LogP contribution in [0.1, 0.15) is 42.5 Å². The Morgan fingerprint density at radius 2 is 0.889 bits per heavy atom. The molecule has 1 heteroatoms. The summed E-state index contributed by atoms with van der Waals surface area (Å²) >= 11 is 1.75. The second kappa shape index (κ2) is 81.7. The van der Waals surface area contributed by atoms with Crippen molar-refractivity contribution in [3.8, 4) is 0 Å². The highest BCUT2D eigenvalue weighted by molar-refractivity contribution is 7.97. The minimum atomic E-state index is 0. The van der Waals surface area contributed by atoms with Crippen molar-refractivity contribution in [3.05, 3.63) is 0 Å². The Hall–Kier alpha value is 0.350. The molecule has 0 atom stereocenters. The van der Waals surface area contributed by atoms with Crippen LogP contribution < -0.4 is 0 Å². The molecule has 0 spiro atoms. The first kappa shape index (κ1) is 34.5. The zero-order valence-corrected chi connectivity index (χ0v) is 5.93. The first-order valence-electron chi connectivity index (χ1n) is 2.23. The molecule has 64 valence electrons. The second-order valence-electron chi connectivity index (χ2n) is 1.12. The number of hydrogen-bond donors (Lipinski definition) is 0. The molecule has 0 radical (unpaired) electrons. The molecule has 0 fully saturated rings. The zero-order chi connectivity index (χ0) is 5.41. The molecule has 0 aromatic heterocycles. The monoisotopic (exact) mass is 154 g/mol. The van der Waals surface area contributed by atoms with E-state index < -0.39 is 0 Å². The minimum Gasteiger partial charge on any atom is -0.169 e. The van der Waals surface area contributed by atoms with Crippen molar-refractivity contribution in [1.29, 1.82) is 0 Å². The number of rotatable bonds is 0. The smallest absolute Gasteiger partial charge is 0.0187 e. The number of hydrogen-bond acceptors (Lipinski definition) is 1. The lowest BCUT2D eigenvalue weighted by atomic mass is 10.6. The van der Waals surface area contributed by atoms with Crippen LogP contribution in [0.2, 0.25) is 0 Å². The molecule has 0 unspecified atom stereocenters. The summed E-state index contributed by atoms with van der Waals surface area (Å²) in [5, 5.41) is 0. The van der Waals surface area contributed by atoms with Crippen LogP contribution in [-0.2, 0) is 0 Å². The van der Waals surface area contributed by atoms with Crippen LogP contribution in [0.25, 0.3) is 0 Å². The van der Waals surface area contributed by atoms with Crippen LogP contribution >= 0.6 is 11.8 Å². The Morgan fingerprint density at radius 3 is 0.889 bits per heavy atom. The van der Waals surface area contributed by atoms with E-state index in [1.54, 1.807) is 11.8 Å². The summed E-state index contributed by atoms with van der Waals surface area (Å²) in [4.78, 5) is 0. The van der Waals surface area contributed by atoms with Gasteiger partial charge in [0.25, 0.3) is 0 Å². The van der Waals surface area contributed by atoms with Gasteiger partial charge >= 0.3 is 0 Å². The molecule has 0 amide bonds. The van der Waals surface area contributed by atoms with Gasteiger partial charge in [0, 0.05) is 0 Å². The Bertz CT molecular complexity index is 6.53. The first-order chi connectivity index (χ1) is 2.83. The summed E-state index contributed by atoms with van der Waals surface area (Å²) in [5.41, 5.74) is 0. The molecule has 0 nitrogen and oxygen atoms in total. The fourth-order valence-corrected chi connectivity index (χ4v) is 0. The topological polar surface area (TPSA) is 0 Å². The molecule has 0 saturated heterocycles. The molecule has 0 aliphatic carbocycles. The van der Waals surface area contributed by atoms with Crippen LogP contribution in [0.15, 0.2) is 0 Å². The Balaban J connectivity index is -0.00000000889. The SMILES string of the molecule is C.C.C.CCC.CSC. The quantitative estimate of drug-likeness (QED) is 0.501. The van der Waals surface area contributed by atoms with E-state index in [1.807, 2.05) is 12.5 Å². The third-order valence-electron chi connectivity index (χ3n) is 0. The zero-order valence-electron chi connectivity index (χ0n) is 5.12. The van der Waals surface area contributed by atoms with Crippen LogP contribution in [0, 0.1) is 0 Å². The summed E-state index contributed by atoms with van der Waals surface area (Å²) in [7, 11) is 0. The normalized spacial score (nSPS) is 4.00. The molecule has 0 aliphatic rings. The third-order valence-corrected chi connectivity index (χ3v) is 0. The van der Waals surface area contributed by atoms with E-state index in [0.717, 1.165) is 0 Å². The molecule has 0 aromatic carbocycles. The molecule has 9 heavy (non-hydrogen) atoms. The van der Waals surface area contributed by atoms with Gasteiger partial charge in [-0.05, 0) is 12.5 Å². The first-order valence-corrected chi connectivity index (χ1v) is 3.86. The highest BCUT2D eigenvalue weighted by atomic mass is 32.2. The highest BCUT2D eigenvalue weighted by Gasteiger charge is 1.35. The molecular formula is C8H26S. The molecule has 0 N–H and O–H groups in total. The van der Waals surface area contributed by atoms with Crippen molar-refractivity contribution in [1.82, 2.24) is 0 Å². The fraction of sp³-hybridized carbons (Fsp3) is 1.00. The number of thioether (sulfide) groups is 1. The molecule has 0 saturated carbocycles. The molecule has 0 bridgehead atoms. The maximum Gasteiger partial charge on any atom is -0.0187 e. The standard InChI is InChI=1S/C3H8.C2H6S.3CH4/c2*1-3-2;;;/h3H2,1-2H3;1-2H3;3*1H4. The molecule has 0 heterocycles. The predicted molar refractivity (Wildman–Crippen MR) is 55.6 cm³/mol. The van der Waals surface area contributed by atoms with E-state index >= 15 is 0 Å². The lowest BCUT2D eigenvalue weighted by Crippen LogP contribution is -1.27. The predicted octanol–water partition coefficient (Wildman–Crippen LogP) is 4.30. The van der Waals surface area contributed by atoms with Gasteiger partial charge in [-0.15, -0.1) is 0 Å². The fourth-order valence-electron chi connectivity index (χ4n) is 0. The Morgan fingerprint density at radius 1 is 0.889 bits per heavy atom. The van der Waals surface area contributed by atoms with E-state index in [9.17, 15) is 0 Å². The van der Waals surface area contributed by atoms with Gasteiger partial charge in [-0.2, -0.15) is 11.8 Å². The third kappa shape index (κ3) is 2750. The van der Waals surface area contributed by atoms with Gasteiger partial charge in [-0.3, -0.25) is 0 Å². The highest BCUT2D eigenvalue weighted by Crippen LogP contribution is 1.70. The Labute approximate surface area is 67.4 Å². The van der Waals surface area contributed by atoms with E-state index in [4.69, 9.17) is 0 Å². The van der Waals surface area contributed by atoms with Gasteiger partial charge in [0.1, 0.15) is 0 Å². The van der Waals surface area contributed by atoms with Gasteiger partial charge in [0.05, 0.1) is 0 Å². The van der Waals surface area contributed by atoms with E-state index in [-0.39, 0.29) is 22.3 Å². The summed E-state index contributed by atoms with van der Waals surface area (Å²) in [6.07, 6.45) is 5.33. The van der Waals surface area contributed by atoms with Crippen molar-refractivity contribution >= 4 is 11.8 Å². The maximum atomic E-state index is 2.12. The van der Waals surface area contributed by atoms with Crippen molar-refractivity contribution in [3.63, 3.8) is 0 Å². The largest absolute Gasteiger partial charge is 0.169 e. The minimum absolute atomic E-state index is 0. The lowest BCUT2D eigenvalue weighted by Gasteiger charge is -1.51. The van der Waals surface area contributed by atoms with Crippen LogP contribution in [0.3, 0.4) is 0 Å². The molecule has 0 aromatic rings. The molecule has 0 rings (SSSR count). The van der Waals surface area contributed by atoms with Crippen molar-refractivity contribution < 1.29 is 0 Å². The summed E-state index contributed by atoms with van der Waals surface area (Å²) in [5.74, 6) is 0.